The van der Waals surface area contributed by atoms with E-state index in [4.69, 9.17) is 0 Å². The van der Waals surface area contributed by atoms with Crippen molar-refractivity contribution in [1.29, 1.82) is 0 Å². The lowest BCUT2D eigenvalue weighted by Gasteiger charge is -2.34. The van der Waals surface area contributed by atoms with Crippen LogP contribution in [-0.2, 0) is 13.6 Å². The molecular weight excluding hydrogens is 310 g/mol. The van der Waals surface area contributed by atoms with Crippen LogP contribution >= 0.6 is 0 Å². The molecule has 2 aromatic rings. The number of hydrogen-bond donors (Lipinski definition) is 1. The highest BCUT2D eigenvalue weighted by Crippen LogP contribution is 2.13. The van der Waals surface area contributed by atoms with Gasteiger partial charge in [-0.2, -0.15) is 5.10 Å². The molecule has 0 bridgehead atoms. The summed E-state index contributed by atoms with van der Waals surface area (Å²) in [4.78, 5) is 31.7. The SMILES string of the molecule is Cn1cc(C(=O)O)c(C(=O)N2CCN(Cc3ccncc3)CC2)n1. The van der Waals surface area contributed by atoms with Gasteiger partial charge < -0.3 is 10.0 Å². The van der Waals surface area contributed by atoms with Crippen molar-refractivity contribution in [1.82, 2.24) is 24.6 Å². The minimum absolute atomic E-state index is 0.00702. The van der Waals surface area contributed by atoms with Crippen LogP contribution in [0.2, 0.25) is 0 Å². The van der Waals surface area contributed by atoms with Gasteiger partial charge in [0.25, 0.3) is 5.91 Å². The predicted octanol–water partition coefficient (Wildman–Crippen LogP) is 0.471. The van der Waals surface area contributed by atoms with Crippen molar-refractivity contribution in [2.45, 2.75) is 6.54 Å². The number of nitrogens with zero attached hydrogens (tertiary/aromatic N) is 5. The Labute approximate surface area is 139 Å². The van der Waals surface area contributed by atoms with Crippen LogP contribution in [0.3, 0.4) is 0 Å². The van der Waals surface area contributed by atoms with Crippen LogP contribution in [0, 0.1) is 0 Å². The van der Waals surface area contributed by atoms with Crippen molar-refractivity contribution in [3.63, 3.8) is 0 Å². The number of piperazine rings is 1. The van der Waals surface area contributed by atoms with Crippen molar-refractivity contribution in [3.8, 4) is 0 Å². The number of aryl methyl sites for hydroxylation is 1. The summed E-state index contributed by atoms with van der Waals surface area (Å²) in [5, 5.41) is 13.2. The molecule has 0 saturated carbocycles. The van der Waals surface area contributed by atoms with E-state index in [1.165, 1.54) is 16.4 Å². The number of hydrogen-bond acceptors (Lipinski definition) is 5. The number of pyridine rings is 1. The summed E-state index contributed by atoms with van der Waals surface area (Å²) in [5.41, 5.74) is 1.14. The van der Waals surface area contributed by atoms with Gasteiger partial charge in [0, 0.05) is 58.4 Å². The van der Waals surface area contributed by atoms with Crippen LogP contribution in [0.1, 0.15) is 26.4 Å². The standard InChI is InChI=1S/C16H19N5O3/c1-19-11-13(16(23)24)14(18-19)15(22)21-8-6-20(7-9-21)10-12-2-4-17-5-3-12/h2-5,11H,6-10H2,1H3,(H,23,24). The lowest BCUT2D eigenvalue weighted by atomic mass is 10.2. The molecule has 1 N–H and O–H groups in total. The van der Waals surface area contributed by atoms with E-state index >= 15 is 0 Å². The normalized spacial score (nSPS) is 15.5. The molecular formula is C16H19N5O3. The van der Waals surface area contributed by atoms with Gasteiger partial charge in [-0.15, -0.1) is 0 Å². The summed E-state index contributed by atoms with van der Waals surface area (Å²) in [5.74, 6) is -1.46. The molecule has 2 aromatic heterocycles. The number of carboxylic acids is 1. The Morgan fingerprint density at radius 1 is 1.17 bits per heavy atom. The molecule has 3 rings (SSSR count). The third kappa shape index (κ3) is 3.43. The molecule has 8 nitrogen and oxygen atoms in total. The van der Waals surface area contributed by atoms with Crippen molar-refractivity contribution >= 4 is 11.9 Å². The van der Waals surface area contributed by atoms with Gasteiger partial charge in [0.05, 0.1) is 0 Å². The summed E-state index contributed by atoms with van der Waals surface area (Å²) in [7, 11) is 1.61. The van der Waals surface area contributed by atoms with Crippen LogP contribution in [0.4, 0.5) is 0 Å². The summed E-state index contributed by atoms with van der Waals surface area (Å²) in [6, 6.07) is 3.95. The molecule has 126 valence electrons. The first-order valence-electron chi connectivity index (χ1n) is 7.72. The first-order valence-corrected chi connectivity index (χ1v) is 7.72. The van der Waals surface area contributed by atoms with Gasteiger partial charge in [-0.05, 0) is 17.7 Å². The molecule has 0 unspecified atom stereocenters. The second-order valence-corrected chi connectivity index (χ2v) is 5.79. The molecule has 24 heavy (non-hydrogen) atoms. The molecule has 0 atom stereocenters. The van der Waals surface area contributed by atoms with Crippen molar-refractivity contribution in [2.24, 2.45) is 7.05 Å². The quantitative estimate of drug-likeness (QED) is 0.877. The Morgan fingerprint density at radius 2 is 1.83 bits per heavy atom. The highest BCUT2D eigenvalue weighted by molar-refractivity contribution is 6.03. The highest BCUT2D eigenvalue weighted by atomic mass is 16.4. The second-order valence-electron chi connectivity index (χ2n) is 5.79. The van der Waals surface area contributed by atoms with E-state index in [0.29, 0.717) is 13.1 Å². The van der Waals surface area contributed by atoms with Crippen molar-refractivity contribution in [3.05, 3.63) is 47.5 Å². The smallest absolute Gasteiger partial charge is 0.339 e. The fraction of sp³-hybridized carbons (Fsp3) is 0.375. The number of carbonyl (C=O) groups excluding carboxylic acids is 1. The Balaban J connectivity index is 1.62. The average Bonchev–Trinajstić information content (AvgIpc) is 2.98. The average molecular weight is 329 g/mol. The molecule has 0 spiro atoms. The minimum atomic E-state index is -1.14. The topological polar surface area (TPSA) is 91.6 Å². The van der Waals surface area contributed by atoms with E-state index in [9.17, 15) is 14.7 Å². The summed E-state index contributed by atoms with van der Waals surface area (Å²) in [6.07, 6.45) is 4.89. The fourth-order valence-corrected chi connectivity index (χ4v) is 2.81. The Morgan fingerprint density at radius 3 is 2.46 bits per heavy atom. The van der Waals surface area contributed by atoms with Crippen molar-refractivity contribution < 1.29 is 14.7 Å². The van der Waals surface area contributed by atoms with Gasteiger partial charge in [0.1, 0.15) is 5.56 Å². The first kappa shape index (κ1) is 16.1. The maximum Gasteiger partial charge on any atom is 0.339 e. The molecule has 1 fully saturated rings. The van der Waals surface area contributed by atoms with E-state index in [1.54, 1.807) is 24.3 Å². The Hall–Kier alpha value is -2.74. The van der Waals surface area contributed by atoms with E-state index in [-0.39, 0.29) is 17.2 Å². The Bertz CT molecular complexity index is 735. The van der Waals surface area contributed by atoms with E-state index in [1.807, 2.05) is 12.1 Å². The molecule has 0 radical (unpaired) electrons. The van der Waals surface area contributed by atoms with Gasteiger partial charge in [-0.3, -0.25) is 19.4 Å². The van der Waals surface area contributed by atoms with Gasteiger partial charge in [-0.25, -0.2) is 4.79 Å². The molecule has 3 heterocycles. The first-order chi connectivity index (χ1) is 11.5. The number of aromatic nitrogens is 3. The summed E-state index contributed by atoms with van der Waals surface area (Å²) < 4.78 is 1.36. The van der Waals surface area contributed by atoms with E-state index in [2.05, 4.69) is 15.0 Å². The number of carboxylic acid groups (broad SMARTS) is 1. The largest absolute Gasteiger partial charge is 0.478 e. The molecule has 8 heteroatoms. The highest BCUT2D eigenvalue weighted by Gasteiger charge is 2.28. The second kappa shape index (κ2) is 6.79. The lowest BCUT2D eigenvalue weighted by Crippen LogP contribution is -2.48. The van der Waals surface area contributed by atoms with Gasteiger partial charge in [0.2, 0.25) is 0 Å². The number of amides is 1. The fourth-order valence-electron chi connectivity index (χ4n) is 2.81. The zero-order valence-corrected chi connectivity index (χ0v) is 13.4. The van der Waals surface area contributed by atoms with Gasteiger partial charge >= 0.3 is 5.97 Å². The molecule has 1 saturated heterocycles. The predicted molar refractivity (Wildman–Crippen MR) is 85.6 cm³/mol. The van der Waals surface area contributed by atoms with Crippen LogP contribution < -0.4 is 0 Å². The van der Waals surface area contributed by atoms with Crippen LogP contribution in [0.25, 0.3) is 0 Å². The number of aromatic carboxylic acids is 1. The number of rotatable bonds is 4. The third-order valence-electron chi connectivity index (χ3n) is 4.08. The van der Waals surface area contributed by atoms with E-state index < -0.39 is 5.97 Å². The zero-order valence-electron chi connectivity index (χ0n) is 13.4. The van der Waals surface area contributed by atoms with Gasteiger partial charge in [0.15, 0.2) is 5.69 Å². The lowest BCUT2D eigenvalue weighted by molar-refractivity contribution is 0.0604. The monoisotopic (exact) mass is 329 g/mol. The molecule has 1 amide bonds. The molecule has 0 aliphatic carbocycles. The van der Waals surface area contributed by atoms with E-state index in [0.717, 1.165) is 19.6 Å². The summed E-state index contributed by atoms with van der Waals surface area (Å²) in [6.45, 7) is 3.40. The van der Waals surface area contributed by atoms with Gasteiger partial charge in [-0.1, -0.05) is 0 Å². The zero-order chi connectivity index (χ0) is 17.1. The molecule has 1 aliphatic rings. The molecule has 1 aliphatic heterocycles. The van der Waals surface area contributed by atoms with Crippen LogP contribution in [0.15, 0.2) is 30.7 Å². The van der Waals surface area contributed by atoms with Crippen LogP contribution in [-0.4, -0.2) is 67.7 Å². The minimum Gasteiger partial charge on any atom is -0.478 e. The maximum absolute atomic E-state index is 12.6. The third-order valence-corrected chi connectivity index (χ3v) is 4.08. The summed E-state index contributed by atoms with van der Waals surface area (Å²) >= 11 is 0. The number of carbonyl (C=O) groups is 2. The Kier molecular flexibility index (Phi) is 4.57. The molecule has 0 aromatic carbocycles. The maximum atomic E-state index is 12.6. The van der Waals surface area contributed by atoms with Crippen LogP contribution in [0.5, 0.6) is 0 Å². The van der Waals surface area contributed by atoms with Crippen molar-refractivity contribution in [2.75, 3.05) is 26.2 Å².